The maximum Gasteiger partial charge on any atom is 0.0676 e. The Labute approximate surface area is 78.9 Å². The average Bonchev–Trinajstić information content (AvgIpc) is 2.61. The van der Waals surface area contributed by atoms with Gasteiger partial charge in [0.2, 0.25) is 0 Å². The minimum Gasteiger partial charge on any atom is -0.404 e. The van der Waals surface area contributed by atoms with Gasteiger partial charge >= 0.3 is 0 Å². The van der Waals surface area contributed by atoms with E-state index in [1.54, 1.807) is 6.20 Å². The lowest BCUT2D eigenvalue weighted by Crippen LogP contribution is -2.28. The molecule has 3 heteroatoms. The van der Waals surface area contributed by atoms with Crippen molar-refractivity contribution < 1.29 is 0 Å². The maximum absolute atomic E-state index is 8.87. The molecule has 0 aromatic carbocycles. The van der Waals surface area contributed by atoms with Crippen molar-refractivity contribution in [3.05, 3.63) is 23.9 Å². The molecule has 2 unspecified atom stereocenters. The number of nitrogens with zero attached hydrogens (tertiary/aromatic N) is 1. The van der Waals surface area contributed by atoms with Crippen LogP contribution in [0.3, 0.4) is 0 Å². The van der Waals surface area contributed by atoms with E-state index in [9.17, 15) is 0 Å². The predicted molar refractivity (Wildman–Crippen MR) is 52.6 cm³/mol. The first-order valence-corrected chi connectivity index (χ1v) is 4.51. The standard InChI is InChI=1S/C10H15N3/c1-2-3-8(6-11)10-9(7-12)4-5-13-10/h2-3,6,9-10,13H,4-5,11H2,1H3/b3-2-,8-6+. The van der Waals surface area contributed by atoms with Crippen LogP contribution >= 0.6 is 0 Å². The van der Waals surface area contributed by atoms with Crippen LogP contribution in [0.25, 0.3) is 0 Å². The van der Waals surface area contributed by atoms with Gasteiger partial charge in [0.05, 0.1) is 12.0 Å². The zero-order valence-corrected chi connectivity index (χ0v) is 7.83. The Morgan fingerprint density at radius 3 is 3.00 bits per heavy atom. The summed E-state index contributed by atoms with van der Waals surface area (Å²) in [5.74, 6) is 0.0611. The summed E-state index contributed by atoms with van der Waals surface area (Å²) in [7, 11) is 0. The van der Waals surface area contributed by atoms with Crippen LogP contribution < -0.4 is 11.1 Å². The average molecular weight is 177 g/mol. The van der Waals surface area contributed by atoms with E-state index < -0.39 is 0 Å². The van der Waals surface area contributed by atoms with E-state index in [2.05, 4.69) is 11.4 Å². The number of hydrogen-bond donors (Lipinski definition) is 2. The Balaban J connectivity index is 2.75. The monoisotopic (exact) mass is 177 g/mol. The second kappa shape index (κ2) is 4.68. The van der Waals surface area contributed by atoms with Gasteiger partial charge in [0.1, 0.15) is 0 Å². The zero-order valence-electron chi connectivity index (χ0n) is 7.83. The van der Waals surface area contributed by atoms with Crippen LogP contribution in [0.5, 0.6) is 0 Å². The van der Waals surface area contributed by atoms with Gasteiger partial charge in [0, 0.05) is 6.04 Å². The van der Waals surface area contributed by atoms with Crippen molar-refractivity contribution in [2.45, 2.75) is 19.4 Å². The van der Waals surface area contributed by atoms with E-state index in [1.165, 1.54) is 0 Å². The summed E-state index contributed by atoms with van der Waals surface area (Å²) in [6.07, 6.45) is 6.38. The molecule has 0 amide bonds. The first-order valence-electron chi connectivity index (χ1n) is 4.51. The number of hydrogen-bond acceptors (Lipinski definition) is 3. The molecule has 1 saturated heterocycles. The van der Waals surface area contributed by atoms with Gasteiger partial charge in [-0.3, -0.25) is 0 Å². The van der Waals surface area contributed by atoms with Crippen LogP contribution in [-0.4, -0.2) is 12.6 Å². The Morgan fingerprint density at radius 2 is 2.46 bits per heavy atom. The molecule has 2 atom stereocenters. The zero-order chi connectivity index (χ0) is 9.68. The normalized spacial score (nSPS) is 29.4. The van der Waals surface area contributed by atoms with E-state index >= 15 is 0 Å². The molecule has 0 aromatic heterocycles. The Kier molecular flexibility index (Phi) is 3.53. The van der Waals surface area contributed by atoms with Gasteiger partial charge in [0.15, 0.2) is 0 Å². The Morgan fingerprint density at radius 1 is 1.69 bits per heavy atom. The summed E-state index contributed by atoms with van der Waals surface area (Å²) in [5, 5.41) is 12.1. The van der Waals surface area contributed by atoms with Gasteiger partial charge < -0.3 is 11.1 Å². The molecule has 70 valence electrons. The molecule has 0 radical (unpaired) electrons. The topological polar surface area (TPSA) is 61.8 Å². The van der Waals surface area contributed by atoms with E-state index in [4.69, 9.17) is 11.0 Å². The number of nitriles is 1. The van der Waals surface area contributed by atoms with Crippen LogP contribution in [0, 0.1) is 17.2 Å². The second-order valence-corrected chi connectivity index (χ2v) is 3.12. The molecule has 3 N–H and O–H groups in total. The summed E-state index contributed by atoms with van der Waals surface area (Å²) in [5.41, 5.74) is 6.50. The van der Waals surface area contributed by atoms with Crippen molar-refractivity contribution in [2.75, 3.05) is 6.54 Å². The second-order valence-electron chi connectivity index (χ2n) is 3.12. The molecule has 0 spiro atoms. The van der Waals surface area contributed by atoms with Crippen molar-refractivity contribution in [1.29, 1.82) is 5.26 Å². The quantitative estimate of drug-likeness (QED) is 0.616. The smallest absolute Gasteiger partial charge is 0.0676 e. The molecule has 3 nitrogen and oxygen atoms in total. The van der Waals surface area contributed by atoms with Gasteiger partial charge in [0.25, 0.3) is 0 Å². The summed E-state index contributed by atoms with van der Waals surface area (Å²) in [4.78, 5) is 0. The largest absolute Gasteiger partial charge is 0.404 e. The molecule has 0 aromatic rings. The molecule has 1 fully saturated rings. The summed E-state index contributed by atoms with van der Waals surface area (Å²) >= 11 is 0. The highest BCUT2D eigenvalue weighted by atomic mass is 15.0. The third-order valence-electron chi connectivity index (χ3n) is 2.30. The molecule has 1 rings (SSSR count). The van der Waals surface area contributed by atoms with Crippen LogP contribution in [-0.2, 0) is 0 Å². The molecule has 0 aliphatic carbocycles. The highest BCUT2D eigenvalue weighted by Gasteiger charge is 2.28. The van der Waals surface area contributed by atoms with Gasteiger partial charge in [-0.2, -0.15) is 5.26 Å². The highest BCUT2D eigenvalue weighted by Crippen LogP contribution is 2.21. The molecule has 1 aliphatic rings. The number of nitrogens with one attached hydrogen (secondary N) is 1. The first kappa shape index (κ1) is 9.82. The fourth-order valence-electron chi connectivity index (χ4n) is 1.65. The lowest BCUT2D eigenvalue weighted by Gasteiger charge is -2.14. The fourth-order valence-corrected chi connectivity index (χ4v) is 1.65. The summed E-state index contributed by atoms with van der Waals surface area (Å²) < 4.78 is 0. The van der Waals surface area contributed by atoms with Gasteiger partial charge in [-0.15, -0.1) is 0 Å². The van der Waals surface area contributed by atoms with Crippen LogP contribution in [0.15, 0.2) is 23.9 Å². The van der Waals surface area contributed by atoms with E-state index in [1.807, 2.05) is 19.1 Å². The third-order valence-corrected chi connectivity index (χ3v) is 2.30. The van der Waals surface area contributed by atoms with E-state index in [0.29, 0.717) is 0 Å². The minimum atomic E-state index is 0.0611. The number of rotatable bonds is 2. The molecule has 0 saturated carbocycles. The van der Waals surface area contributed by atoms with E-state index in [-0.39, 0.29) is 12.0 Å². The Hall–Kier alpha value is -1.27. The maximum atomic E-state index is 8.87. The highest BCUT2D eigenvalue weighted by molar-refractivity contribution is 5.27. The van der Waals surface area contributed by atoms with Gasteiger partial charge in [-0.25, -0.2) is 0 Å². The molecular formula is C10H15N3. The van der Waals surface area contributed by atoms with Crippen molar-refractivity contribution in [1.82, 2.24) is 5.32 Å². The van der Waals surface area contributed by atoms with Crippen molar-refractivity contribution >= 4 is 0 Å². The van der Waals surface area contributed by atoms with Crippen molar-refractivity contribution in [2.24, 2.45) is 11.7 Å². The SMILES string of the molecule is C/C=C\C(=C/N)C1NCCC1C#N. The predicted octanol–water partition coefficient (Wildman–Crippen LogP) is 0.907. The summed E-state index contributed by atoms with van der Waals surface area (Å²) in [6, 6.07) is 2.41. The lowest BCUT2D eigenvalue weighted by atomic mass is 9.96. The van der Waals surface area contributed by atoms with Crippen molar-refractivity contribution in [3.63, 3.8) is 0 Å². The number of nitrogens with two attached hydrogens (primary N) is 1. The van der Waals surface area contributed by atoms with E-state index in [0.717, 1.165) is 18.5 Å². The Bertz CT molecular complexity index is 260. The van der Waals surface area contributed by atoms with Crippen molar-refractivity contribution in [3.8, 4) is 6.07 Å². The number of allylic oxidation sites excluding steroid dienone is 1. The third kappa shape index (κ3) is 2.10. The first-order chi connectivity index (χ1) is 6.33. The molecule has 1 heterocycles. The van der Waals surface area contributed by atoms with Gasteiger partial charge in [-0.05, 0) is 31.7 Å². The fraction of sp³-hybridized carbons (Fsp3) is 0.500. The minimum absolute atomic E-state index is 0.0611. The molecule has 13 heavy (non-hydrogen) atoms. The molecule has 0 bridgehead atoms. The van der Waals surface area contributed by atoms with Crippen LogP contribution in [0.4, 0.5) is 0 Å². The lowest BCUT2D eigenvalue weighted by molar-refractivity contribution is 0.609. The molecular weight excluding hydrogens is 162 g/mol. The van der Waals surface area contributed by atoms with Crippen LogP contribution in [0.1, 0.15) is 13.3 Å². The molecule has 1 aliphatic heterocycles. The summed E-state index contributed by atoms with van der Waals surface area (Å²) in [6.45, 7) is 2.84. The van der Waals surface area contributed by atoms with Crippen LogP contribution in [0.2, 0.25) is 0 Å². The van der Waals surface area contributed by atoms with Gasteiger partial charge in [-0.1, -0.05) is 12.2 Å².